The Labute approximate surface area is 209 Å². The van der Waals surface area contributed by atoms with Crippen LogP contribution in [0.4, 0.5) is 32.0 Å². The van der Waals surface area contributed by atoms with Crippen LogP contribution in [0.1, 0.15) is 13.3 Å². The lowest BCUT2D eigenvalue weighted by Gasteiger charge is -2.32. The van der Waals surface area contributed by atoms with Crippen molar-refractivity contribution in [2.45, 2.75) is 56.6 Å². The second kappa shape index (κ2) is 13.1. The van der Waals surface area contributed by atoms with E-state index < -0.39 is 46.7 Å². The lowest BCUT2D eigenvalue weighted by molar-refractivity contribution is -0.318. The van der Waals surface area contributed by atoms with Gasteiger partial charge < -0.3 is 22.9 Å². The summed E-state index contributed by atoms with van der Waals surface area (Å²) >= 11 is 0. The van der Waals surface area contributed by atoms with Gasteiger partial charge in [-0.3, -0.25) is 4.79 Å². The number of hydrogen-bond acceptors (Lipinski definition) is 5. The van der Waals surface area contributed by atoms with Crippen LogP contribution in [0.15, 0.2) is 42.2 Å². The van der Waals surface area contributed by atoms with Gasteiger partial charge in [-0.05, 0) is 25.5 Å². The van der Waals surface area contributed by atoms with E-state index in [0.29, 0.717) is 23.9 Å². The van der Waals surface area contributed by atoms with E-state index in [4.69, 9.17) is 13.3 Å². The maximum Gasteiger partial charge on any atom is 0.499 e. The van der Waals surface area contributed by atoms with Crippen LogP contribution in [0.2, 0.25) is 31.2 Å². The Balaban J connectivity index is 3.06. The zero-order valence-corrected chi connectivity index (χ0v) is 23.2. The molecule has 1 rings (SSSR count). The Morgan fingerprint density at radius 2 is 1.44 bits per heavy atom. The molecule has 1 aromatic rings. The molecule has 0 aliphatic heterocycles. The zero-order chi connectivity index (χ0) is 27.8. The molecule has 0 saturated carbocycles. The van der Waals surface area contributed by atoms with Crippen molar-refractivity contribution in [2.24, 2.45) is 0 Å². The van der Waals surface area contributed by atoms with E-state index in [2.05, 4.69) is 17.8 Å². The van der Waals surface area contributed by atoms with Gasteiger partial charge >= 0.3 is 32.8 Å². The molecule has 0 unspecified atom stereocenters. The molecule has 0 aliphatic rings. The highest BCUT2D eigenvalue weighted by Gasteiger charge is 2.66. The van der Waals surface area contributed by atoms with Crippen molar-refractivity contribution in [1.82, 2.24) is 0 Å². The Kier molecular flexibility index (Phi) is 11.7. The first-order chi connectivity index (χ1) is 16.6. The van der Waals surface area contributed by atoms with E-state index in [-0.39, 0.29) is 18.7 Å². The minimum Gasteiger partial charge on any atom is -0.427 e. The second-order valence-electron chi connectivity index (χ2n) is 8.87. The lowest BCUT2D eigenvalue weighted by atomic mass is 10.2. The van der Waals surface area contributed by atoms with Gasteiger partial charge in [-0.25, -0.2) is 0 Å². The number of ether oxygens (including phenoxy) is 1. The maximum absolute atomic E-state index is 14.6. The van der Waals surface area contributed by atoms with Gasteiger partial charge in [-0.2, -0.15) is 26.3 Å². The van der Waals surface area contributed by atoms with Gasteiger partial charge in [0.1, 0.15) is 0 Å². The Morgan fingerprint density at radius 3 is 1.92 bits per heavy atom. The number of amides is 1. The van der Waals surface area contributed by atoms with E-state index in [1.54, 1.807) is 6.07 Å². The van der Waals surface area contributed by atoms with Gasteiger partial charge in [0.05, 0.1) is 0 Å². The summed E-state index contributed by atoms with van der Waals surface area (Å²) in [6, 6.07) is 8.93. The van der Waals surface area contributed by atoms with Crippen molar-refractivity contribution in [3.05, 3.63) is 42.2 Å². The Morgan fingerprint density at radius 1 is 0.917 bits per heavy atom. The summed E-state index contributed by atoms with van der Waals surface area (Å²) < 4.78 is 102. The molecular formula is C22H33F6NO5Si2. The lowest BCUT2D eigenvalue weighted by Crippen LogP contribution is -2.55. The van der Waals surface area contributed by atoms with Crippen LogP contribution in [0, 0.1) is 0 Å². The largest absolute Gasteiger partial charge is 0.499 e. The van der Waals surface area contributed by atoms with Crippen LogP contribution < -0.4 is 4.90 Å². The molecule has 0 aliphatic carbocycles. The second-order valence-corrected chi connectivity index (χ2v) is 17.3. The molecule has 0 radical (unpaired) electrons. The third kappa shape index (κ3) is 8.33. The summed E-state index contributed by atoms with van der Waals surface area (Å²) in [5, 5.41) is 0. The first-order valence-corrected chi connectivity index (χ1v) is 16.4. The third-order valence-electron chi connectivity index (χ3n) is 5.77. The van der Waals surface area contributed by atoms with E-state index in [9.17, 15) is 31.1 Å². The van der Waals surface area contributed by atoms with Gasteiger partial charge in [0.25, 0.3) is 0 Å². The number of nitrogens with zero attached hydrogens (tertiary/aromatic N) is 1. The maximum atomic E-state index is 14.6. The molecular weight excluding hydrogens is 528 g/mol. The van der Waals surface area contributed by atoms with Crippen molar-refractivity contribution in [3.8, 4) is 0 Å². The molecule has 0 heterocycles. The molecule has 1 amide bonds. The van der Waals surface area contributed by atoms with Crippen molar-refractivity contribution >= 4 is 28.5 Å². The summed E-state index contributed by atoms with van der Waals surface area (Å²) in [5.41, 5.74) is -0.0362. The molecule has 14 heteroatoms. The minimum absolute atomic E-state index is 0.0362. The normalized spacial score (nSPS) is 12.9. The van der Waals surface area contributed by atoms with Gasteiger partial charge in [-0.1, -0.05) is 43.4 Å². The minimum atomic E-state index is -5.49. The standard InChI is InChI=1S/C22H33F6NO5Si2/c1-17(19(23)24)34-22(27,28)21(25,26)20(30)29(18-11-8-7-9-12-18)13-10-14-35(5,6)15-16-36(31-2,32-3)33-4/h7-9,11-12H,10,13-16H2,1-6H3. The number of rotatable bonds is 15. The summed E-state index contributed by atoms with van der Waals surface area (Å²) in [6.07, 6.45) is -7.96. The van der Waals surface area contributed by atoms with Crippen molar-refractivity contribution in [3.63, 3.8) is 0 Å². The Hall–Kier alpha value is -1.88. The molecule has 1 aromatic carbocycles. The van der Waals surface area contributed by atoms with E-state index in [0.717, 1.165) is 6.04 Å². The molecule has 0 N–H and O–H groups in total. The molecule has 36 heavy (non-hydrogen) atoms. The van der Waals surface area contributed by atoms with Crippen molar-refractivity contribution in [1.29, 1.82) is 0 Å². The van der Waals surface area contributed by atoms with Crippen molar-refractivity contribution < 1.29 is 49.2 Å². The summed E-state index contributed by atoms with van der Waals surface area (Å²) in [5.74, 6) is -9.36. The van der Waals surface area contributed by atoms with Crippen LogP contribution in [-0.4, -0.2) is 62.7 Å². The highest BCUT2D eigenvalue weighted by atomic mass is 28.4. The Bertz CT molecular complexity index is 873. The molecule has 206 valence electrons. The van der Waals surface area contributed by atoms with Crippen LogP contribution >= 0.6 is 0 Å². The predicted molar refractivity (Wildman–Crippen MR) is 128 cm³/mol. The fourth-order valence-electron chi connectivity index (χ4n) is 3.43. The van der Waals surface area contributed by atoms with Gasteiger partial charge in [0, 0.05) is 47.7 Å². The zero-order valence-electron chi connectivity index (χ0n) is 21.2. The molecule has 0 aromatic heterocycles. The fraction of sp³-hybridized carbons (Fsp3) is 0.591. The van der Waals surface area contributed by atoms with E-state index >= 15 is 0 Å². The van der Waals surface area contributed by atoms with Crippen molar-refractivity contribution in [2.75, 3.05) is 32.8 Å². The van der Waals surface area contributed by atoms with Crippen LogP contribution in [0.5, 0.6) is 0 Å². The number of benzene rings is 1. The average Bonchev–Trinajstić information content (AvgIpc) is 2.82. The number of allylic oxidation sites excluding steroid dienone is 1. The molecule has 0 spiro atoms. The highest BCUT2D eigenvalue weighted by Crippen LogP contribution is 2.40. The van der Waals surface area contributed by atoms with Gasteiger partial charge in [0.2, 0.25) is 0 Å². The predicted octanol–water partition coefficient (Wildman–Crippen LogP) is 6.37. The van der Waals surface area contributed by atoms with E-state index in [1.807, 2.05) is 0 Å². The van der Waals surface area contributed by atoms with Crippen LogP contribution in [-0.2, 0) is 22.8 Å². The van der Waals surface area contributed by atoms with Crippen LogP contribution in [0.3, 0.4) is 0 Å². The number of para-hydroxylation sites is 1. The number of anilines is 1. The SMILES string of the molecule is CO[Si](CC[Si](C)(C)CCCN(C(=O)C(F)(F)C(F)(F)OC(C)=C(F)F)c1ccccc1)(OC)OC. The smallest absolute Gasteiger partial charge is 0.427 e. The first-order valence-electron chi connectivity index (χ1n) is 11.1. The summed E-state index contributed by atoms with van der Waals surface area (Å²) in [4.78, 5) is 13.2. The molecule has 0 saturated heterocycles. The summed E-state index contributed by atoms with van der Waals surface area (Å²) in [7, 11) is -0.296. The van der Waals surface area contributed by atoms with Crippen LogP contribution in [0.25, 0.3) is 0 Å². The number of halogens is 6. The fourth-order valence-corrected chi connectivity index (χ4v) is 9.84. The monoisotopic (exact) mass is 561 g/mol. The summed E-state index contributed by atoms with van der Waals surface area (Å²) in [6.45, 7) is 4.22. The molecule has 0 fully saturated rings. The van der Waals surface area contributed by atoms with Gasteiger partial charge in [-0.15, -0.1) is 0 Å². The third-order valence-corrected chi connectivity index (χ3v) is 12.3. The molecule has 6 nitrogen and oxygen atoms in total. The van der Waals surface area contributed by atoms with Gasteiger partial charge in [0.15, 0.2) is 5.76 Å². The molecule has 0 bridgehead atoms. The highest BCUT2D eigenvalue weighted by molar-refractivity contribution is 6.79. The quantitative estimate of drug-likeness (QED) is 0.142. The first kappa shape index (κ1) is 32.2. The number of hydrogen-bond donors (Lipinski definition) is 0. The number of alkyl halides is 4. The number of carbonyl (C=O) groups is 1. The topological polar surface area (TPSA) is 57.2 Å². The van der Waals surface area contributed by atoms with E-state index in [1.165, 1.54) is 45.6 Å². The number of carbonyl (C=O) groups excluding carboxylic acids is 1. The average molecular weight is 562 g/mol. The molecule has 0 atom stereocenters.